The molecule has 1 aliphatic heterocycles. The Hall–Kier alpha value is -2.94. The van der Waals surface area contributed by atoms with E-state index in [9.17, 15) is 9.59 Å². The molecule has 0 unspecified atom stereocenters. The molecule has 1 saturated carbocycles. The number of esters is 1. The molecular weight excluding hydrogens is 398 g/mol. The SMILES string of the molecule is COC(=O)c1cn([C@@H]2C[C@@H](C(=O)NCc3ccc(OC)cc3)N(C3CCCC3)C2)nn1. The van der Waals surface area contributed by atoms with E-state index < -0.39 is 5.97 Å². The van der Waals surface area contributed by atoms with Crippen LogP contribution in [0.15, 0.2) is 30.5 Å². The molecule has 2 aliphatic rings. The largest absolute Gasteiger partial charge is 0.497 e. The van der Waals surface area contributed by atoms with E-state index in [2.05, 4.69) is 20.5 Å². The molecule has 31 heavy (non-hydrogen) atoms. The van der Waals surface area contributed by atoms with Gasteiger partial charge in [-0.1, -0.05) is 30.2 Å². The molecule has 1 N–H and O–H groups in total. The average molecular weight is 428 g/mol. The maximum Gasteiger partial charge on any atom is 0.360 e. The third-order valence-corrected chi connectivity index (χ3v) is 6.32. The molecule has 1 aromatic heterocycles. The highest BCUT2D eigenvalue weighted by molar-refractivity contribution is 5.86. The molecule has 2 aromatic rings. The molecule has 0 bridgehead atoms. The Morgan fingerprint density at radius 2 is 1.87 bits per heavy atom. The molecule has 0 spiro atoms. The molecule has 4 rings (SSSR count). The van der Waals surface area contributed by atoms with Gasteiger partial charge in [-0.3, -0.25) is 9.69 Å². The molecule has 166 valence electrons. The Kier molecular flexibility index (Phi) is 6.50. The molecule has 2 atom stereocenters. The van der Waals surface area contributed by atoms with Crippen LogP contribution in [0, 0.1) is 0 Å². The third-order valence-electron chi connectivity index (χ3n) is 6.32. The van der Waals surface area contributed by atoms with Gasteiger partial charge in [0.25, 0.3) is 0 Å². The topological polar surface area (TPSA) is 98.6 Å². The van der Waals surface area contributed by atoms with Crippen LogP contribution in [0.4, 0.5) is 0 Å². The van der Waals surface area contributed by atoms with Crippen molar-refractivity contribution in [2.24, 2.45) is 0 Å². The maximum atomic E-state index is 13.1. The van der Waals surface area contributed by atoms with Gasteiger partial charge in [-0.05, 0) is 37.0 Å². The molecular formula is C22H29N5O4. The number of nitrogens with zero attached hydrogens (tertiary/aromatic N) is 4. The van der Waals surface area contributed by atoms with Crippen molar-refractivity contribution in [3.8, 4) is 5.75 Å². The fraction of sp³-hybridized carbons (Fsp3) is 0.545. The number of aromatic nitrogens is 3. The summed E-state index contributed by atoms with van der Waals surface area (Å²) < 4.78 is 11.6. The van der Waals surface area contributed by atoms with Crippen LogP contribution in [0.2, 0.25) is 0 Å². The number of ether oxygens (including phenoxy) is 2. The zero-order valence-electron chi connectivity index (χ0n) is 18.0. The van der Waals surface area contributed by atoms with Crippen LogP contribution in [0.3, 0.4) is 0 Å². The Morgan fingerprint density at radius 3 is 2.55 bits per heavy atom. The second-order valence-corrected chi connectivity index (χ2v) is 8.18. The smallest absolute Gasteiger partial charge is 0.360 e. The number of benzene rings is 1. The highest BCUT2D eigenvalue weighted by Crippen LogP contribution is 2.34. The van der Waals surface area contributed by atoms with E-state index in [4.69, 9.17) is 9.47 Å². The minimum Gasteiger partial charge on any atom is -0.497 e. The first-order valence-electron chi connectivity index (χ1n) is 10.8. The first-order chi connectivity index (χ1) is 15.1. The fourth-order valence-electron chi connectivity index (χ4n) is 4.63. The highest BCUT2D eigenvalue weighted by atomic mass is 16.5. The molecule has 2 heterocycles. The summed E-state index contributed by atoms with van der Waals surface area (Å²) in [6.45, 7) is 1.19. The number of amides is 1. The maximum absolute atomic E-state index is 13.1. The van der Waals surface area contributed by atoms with Crippen molar-refractivity contribution in [2.75, 3.05) is 20.8 Å². The van der Waals surface area contributed by atoms with Crippen molar-refractivity contribution in [3.63, 3.8) is 0 Å². The van der Waals surface area contributed by atoms with Gasteiger partial charge < -0.3 is 14.8 Å². The Morgan fingerprint density at radius 1 is 1.13 bits per heavy atom. The second-order valence-electron chi connectivity index (χ2n) is 8.18. The predicted octanol–water partition coefficient (Wildman–Crippen LogP) is 1.95. The summed E-state index contributed by atoms with van der Waals surface area (Å²) in [7, 11) is 2.95. The van der Waals surface area contributed by atoms with Crippen molar-refractivity contribution < 1.29 is 19.1 Å². The van der Waals surface area contributed by atoms with E-state index in [1.807, 2.05) is 24.3 Å². The first-order valence-corrected chi connectivity index (χ1v) is 10.8. The lowest BCUT2D eigenvalue weighted by Crippen LogP contribution is -2.46. The van der Waals surface area contributed by atoms with Gasteiger partial charge in [-0.2, -0.15) is 0 Å². The Bertz CT molecular complexity index is 907. The number of carbonyl (C=O) groups excluding carboxylic acids is 2. The number of methoxy groups -OCH3 is 2. The van der Waals surface area contributed by atoms with E-state index in [0.717, 1.165) is 30.7 Å². The highest BCUT2D eigenvalue weighted by Gasteiger charge is 2.42. The van der Waals surface area contributed by atoms with Crippen molar-refractivity contribution >= 4 is 11.9 Å². The normalized spacial score (nSPS) is 21.9. The first kappa shape index (κ1) is 21.3. The summed E-state index contributed by atoms with van der Waals surface area (Å²) in [5.74, 6) is 0.310. The molecule has 1 saturated heterocycles. The molecule has 1 aromatic carbocycles. The van der Waals surface area contributed by atoms with Crippen LogP contribution in [0.1, 0.15) is 54.2 Å². The van der Waals surface area contributed by atoms with E-state index in [0.29, 0.717) is 19.0 Å². The number of likely N-dealkylation sites (tertiary alicyclic amines) is 1. The molecule has 2 fully saturated rings. The molecule has 1 aliphatic carbocycles. The van der Waals surface area contributed by atoms with Gasteiger partial charge in [0.15, 0.2) is 5.69 Å². The molecule has 1 amide bonds. The van der Waals surface area contributed by atoms with Crippen molar-refractivity contribution in [2.45, 2.75) is 56.8 Å². The van der Waals surface area contributed by atoms with E-state index in [-0.39, 0.29) is 23.7 Å². The number of nitrogens with one attached hydrogen (secondary N) is 1. The van der Waals surface area contributed by atoms with E-state index in [1.165, 1.54) is 20.0 Å². The quantitative estimate of drug-likeness (QED) is 0.674. The van der Waals surface area contributed by atoms with Crippen molar-refractivity contribution in [1.29, 1.82) is 0 Å². The summed E-state index contributed by atoms with van der Waals surface area (Å²) in [6, 6.07) is 7.86. The van der Waals surface area contributed by atoms with Crippen LogP contribution in [-0.4, -0.2) is 64.6 Å². The van der Waals surface area contributed by atoms with Crippen molar-refractivity contribution in [3.05, 3.63) is 41.7 Å². The van der Waals surface area contributed by atoms with Gasteiger partial charge in [-0.15, -0.1) is 5.10 Å². The lowest BCUT2D eigenvalue weighted by molar-refractivity contribution is -0.126. The van der Waals surface area contributed by atoms with Gasteiger partial charge in [0.2, 0.25) is 5.91 Å². The summed E-state index contributed by atoms with van der Waals surface area (Å²) in [5, 5.41) is 11.1. The lowest BCUT2D eigenvalue weighted by atomic mass is 10.1. The number of hydrogen-bond acceptors (Lipinski definition) is 7. The summed E-state index contributed by atoms with van der Waals surface area (Å²) in [4.78, 5) is 27.2. The molecule has 9 nitrogen and oxygen atoms in total. The monoisotopic (exact) mass is 427 g/mol. The second kappa shape index (κ2) is 9.47. The summed E-state index contributed by atoms with van der Waals surface area (Å²) in [6.07, 6.45) is 6.86. The van der Waals surface area contributed by atoms with Crippen molar-refractivity contribution in [1.82, 2.24) is 25.2 Å². The van der Waals surface area contributed by atoms with E-state index in [1.54, 1.807) is 18.0 Å². The third kappa shape index (κ3) is 4.71. The number of rotatable bonds is 7. The van der Waals surface area contributed by atoms with Crippen LogP contribution in [-0.2, 0) is 16.1 Å². The van der Waals surface area contributed by atoms with Gasteiger partial charge in [0.1, 0.15) is 5.75 Å². The number of carbonyl (C=O) groups is 2. The lowest BCUT2D eigenvalue weighted by Gasteiger charge is -2.29. The Labute approximate surface area is 181 Å². The minimum absolute atomic E-state index is 0.0109. The molecule has 0 radical (unpaired) electrons. The molecule has 9 heteroatoms. The zero-order chi connectivity index (χ0) is 21.8. The van der Waals surface area contributed by atoms with Crippen LogP contribution in [0.25, 0.3) is 0 Å². The van der Waals surface area contributed by atoms with Gasteiger partial charge in [-0.25, -0.2) is 9.48 Å². The zero-order valence-corrected chi connectivity index (χ0v) is 18.0. The van der Waals surface area contributed by atoms with Crippen LogP contribution < -0.4 is 10.1 Å². The predicted molar refractivity (Wildman–Crippen MR) is 113 cm³/mol. The van der Waals surface area contributed by atoms with Crippen LogP contribution in [0.5, 0.6) is 5.75 Å². The van der Waals surface area contributed by atoms with Gasteiger partial charge >= 0.3 is 5.97 Å². The summed E-state index contributed by atoms with van der Waals surface area (Å²) in [5.41, 5.74) is 1.21. The average Bonchev–Trinajstić information content (AvgIpc) is 3.56. The van der Waals surface area contributed by atoms with Gasteiger partial charge in [0, 0.05) is 19.1 Å². The summed E-state index contributed by atoms with van der Waals surface area (Å²) >= 11 is 0. The fourth-order valence-corrected chi connectivity index (χ4v) is 4.63. The van der Waals surface area contributed by atoms with E-state index >= 15 is 0 Å². The standard InChI is InChI=1S/C22H29N5O4/c1-30-18-9-7-15(8-10-18)12-23-21(28)20-11-17(13-26(20)16-5-3-4-6-16)27-14-19(24-25-27)22(29)31-2/h7-10,14,16-17,20H,3-6,11-13H2,1-2H3,(H,23,28)/t17-,20+/m1/s1. The van der Waals surface area contributed by atoms with Crippen LogP contribution >= 0.6 is 0 Å². The Balaban J connectivity index is 1.44. The van der Waals surface area contributed by atoms with Gasteiger partial charge in [0.05, 0.1) is 32.5 Å². The number of hydrogen-bond donors (Lipinski definition) is 1. The minimum atomic E-state index is -0.509.